The summed E-state index contributed by atoms with van der Waals surface area (Å²) in [6, 6.07) is 10.0. The Kier molecular flexibility index (Phi) is 4.19. The summed E-state index contributed by atoms with van der Waals surface area (Å²) in [6.07, 6.45) is -2.80. The van der Waals surface area contributed by atoms with Crippen molar-refractivity contribution >= 4 is 28.8 Å². The number of halogens is 3. The van der Waals surface area contributed by atoms with Crippen molar-refractivity contribution in [2.24, 2.45) is 0 Å². The maximum Gasteiger partial charge on any atom is 0.416 e. The molecule has 1 heterocycles. The maximum absolute atomic E-state index is 12.6. The zero-order chi connectivity index (χ0) is 14.6. The molecule has 0 bridgehead atoms. The Balaban J connectivity index is 2.05. The zero-order valence-corrected chi connectivity index (χ0v) is 10.9. The number of nitrogens with zero attached hydrogens (tertiary/aromatic N) is 1. The molecule has 0 unspecified atom stereocenters. The molecule has 1 aromatic heterocycles. The normalized spacial score (nSPS) is 10.9. The molecule has 104 valence electrons. The zero-order valence-electron chi connectivity index (χ0n) is 10.1. The van der Waals surface area contributed by atoms with Crippen molar-refractivity contribution in [1.29, 1.82) is 0 Å². The average Bonchev–Trinajstić information content (AvgIpc) is 2.39. The third kappa shape index (κ3) is 3.92. The van der Waals surface area contributed by atoms with E-state index in [4.69, 9.17) is 12.2 Å². The first-order valence-corrected chi connectivity index (χ1v) is 6.02. The third-order valence-corrected chi connectivity index (χ3v) is 2.56. The first-order chi connectivity index (χ1) is 9.45. The van der Waals surface area contributed by atoms with Crippen molar-refractivity contribution in [2.75, 3.05) is 10.6 Å². The molecular weight excluding hydrogens is 287 g/mol. The molecular formula is C13H10F3N3S. The van der Waals surface area contributed by atoms with Gasteiger partial charge in [-0.1, -0.05) is 12.1 Å². The molecule has 0 atom stereocenters. The van der Waals surface area contributed by atoms with Crippen LogP contribution < -0.4 is 10.6 Å². The molecule has 0 radical (unpaired) electrons. The van der Waals surface area contributed by atoms with E-state index in [1.165, 1.54) is 12.1 Å². The van der Waals surface area contributed by atoms with E-state index in [9.17, 15) is 13.2 Å². The summed E-state index contributed by atoms with van der Waals surface area (Å²) in [6.45, 7) is 0. The van der Waals surface area contributed by atoms with Gasteiger partial charge >= 0.3 is 6.18 Å². The Morgan fingerprint density at radius 3 is 2.50 bits per heavy atom. The number of hydrogen-bond donors (Lipinski definition) is 2. The Morgan fingerprint density at radius 1 is 1.05 bits per heavy atom. The molecule has 0 aliphatic carbocycles. The summed E-state index contributed by atoms with van der Waals surface area (Å²) in [5.41, 5.74) is -0.476. The molecule has 2 N–H and O–H groups in total. The minimum atomic E-state index is -4.38. The van der Waals surface area contributed by atoms with Crippen molar-refractivity contribution in [2.45, 2.75) is 6.18 Å². The summed E-state index contributed by atoms with van der Waals surface area (Å²) < 4.78 is 37.7. The number of hydrogen-bond acceptors (Lipinski definition) is 2. The second-order valence-corrected chi connectivity index (χ2v) is 4.28. The molecule has 3 nitrogen and oxygen atoms in total. The summed E-state index contributed by atoms with van der Waals surface area (Å²) in [5.74, 6) is 0.511. The van der Waals surface area contributed by atoms with Crippen molar-refractivity contribution in [3.8, 4) is 0 Å². The number of anilines is 2. The number of nitrogens with one attached hydrogen (secondary N) is 2. The minimum absolute atomic E-state index is 0.169. The van der Waals surface area contributed by atoms with E-state index < -0.39 is 11.7 Å². The standard InChI is InChI=1S/C13H10F3N3S/c14-13(15,16)9-4-3-5-10(8-9)18-12(20)19-11-6-1-2-7-17-11/h1-8H,(H2,17,18,19,20). The topological polar surface area (TPSA) is 37.0 Å². The molecule has 0 saturated carbocycles. The van der Waals surface area contributed by atoms with Crippen LogP contribution in [-0.4, -0.2) is 10.1 Å². The lowest BCUT2D eigenvalue weighted by atomic mass is 10.2. The molecule has 0 aliphatic heterocycles. The van der Waals surface area contributed by atoms with Gasteiger partial charge in [0.2, 0.25) is 0 Å². The van der Waals surface area contributed by atoms with Gasteiger partial charge in [-0.25, -0.2) is 4.98 Å². The lowest BCUT2D eigenvalue weighted by Gasteiger charge is -2.12. The molecule has 1 aromatic carbocycles. The van der Waals surface area contributed by atoms with Gasteiger partial charge in [0.05, 0.1) is 5.56 Å². The van der Waals surface area contributed by atoms with Crippen LogP contribution in [0.4, 0.5) is 24.7 Å². The number of aromatic nitrogens is 1. The van der Waals surface area contributed by atoms with Crippen molar-refractivity contribution < 1.29 is 13.2 Å². The number of thiocarbonyl (C=S) groups is 1. The molecule has 0 fully saturated rings. The Hall–Kier alpha value is -2.15. The number of benzene rings is 1. The summed E-state index contributed by atoms with van der Waals surface area (Å²) in [7, 11) is 0. The van der Waals surface area contributed by atoms with Crippen LogP contribution in [0.25, 0.3) is 0 Å². The summed E-state index contributed by atoms with van der Waals surface area (Å²) in [5, 5.41) is 5.63. The SMILES string of the molecule is FC(F)(F)c1cccc(NC(=S)Nc2ccccn2)c1. The van der Waals surface area contributed by atoms with Crippen LogP contribution in [0.5, 0.6) is 0 Å². The van der Waals surface area contributed by atoms with Crippen LogP contribution in [0.15, 0.2) is 48.7 Å². The second-order valence-electron chi connectivity index (χ2n) is 3.87. The van der Waals surface area contributed by atoms with E-state index in [1.54, 1.807) is 24.4 Å². The maximum atomic E-state index is 12.6. The van der Waals surface area contributed by atoms with Crippen LogP contribution in [-0.2, 0) is 6.18 Å². The fourth-order valence-electron chi connectivity index (χ4n) is 1.49. The van der Waals surface area contributed by atoms with Gasteiger partial charge in [-0.3, -0.25) is 0 Å². The van der Waals surface area contributed by atoms with Crippen LogP contribution in [0.3, 0.4) is 0 Å². The van der Waals surface area contributed by atoms with E-state index in [0.29, 0.717) is 5.82 Å². The quantitative estimate of drug-likeness (QED) is 0.824. The number of pyridine rings is 1. The van der Waals surface area contributed by atoms with Gasteiger partial charge < -0.3 is 10.6 Å². The molecule has 0 aliphatic rings. The van der Waals surface area contributed by atoms with Gasteiger partial charge in [0.1, 0.15) is 5.82 Å². The van der Waals surface area contributed by atoms with Gasteiger partial charge in [-0.15, -0.1) is 0 Å². The molecule has 20 heavy (non-hydrogen) atoms. The Bertz CT molecular complexity index is 599. The highest BCUT2D eigenvalue weighted by Gasteiger charge is 2.30. The van der Waals surface area contributed by atoms with E-state index in [-0.39, 0.29) is 10.8 Å². The van der Waals surface area contributed by atoms with Crippen molar-refractivity contribution in [1.82, 2.24) is 4.98 Å². The molecule has 0 amide bonds. The van der Waals surface area contributed by atoms with Gasteiger partial charge in [-0.2, -0.15) is 13.2 Å². The van der Waals surface area contributed by atoms with Crippen LogP contribution >= 0.6 is 12.2 Å². The largest absolute Gasteiger partial charge is 0.416 e. The molecule has 2 rings (SSSR count). The third-order valence-electron chi connectivity index (χ3n) is 2.35. The number of alkyl halides is 3. The minimum Gasteiger partial charge on any atom is -0.332 e. The predicted octanol–water partition coefficient (Wildman–Crippen LogP) is 3.91. The van der Waals surface area contributed by atoms with Crippen LogP contribution in [0.2, 0.25) is 0 Å². The summed E-state index contributed by atoms with van der Waals surface area (Å²) >= 11 is 5.01. The molecule has 0 saturated heterocycles. The number of rotatable bonds is 2. The monoisotopic (exact) mass is 297 g/mol. The van der Waals surface area contributed by atoms with E-state index >= 15 is 0 Å². The van der Waals surface area contributed by atoms with Gasteiger partial charge in [0.15, 0.2) is 5.11 Å². The smallest absolute Gasteiger partial charge is 0.332 e. The van der Waals surface area contributed by atoms with E-state index in [1.807, 2.05) is 0 Å². The van der Waals surface area contributed by atoms with Crippen molar-refractivity contribution in [3.63, 3.8) is 0 Å². The fourth-order valence-corrected chi connectivity index (χ4v) is 1.71. The van der Waals surface area contributed by atoms with Gasteiger partial charge in [0.25, 0.3) is 0 Å². The summed E-state index contributed by atoms with van der Waals surface area (Å²) in [4.78, 5) is 4.00. The molecule has 0 spiro atoms. The first-order valence-electron chi connectivity index (χ1n) is 5.61. The van der Waals surface area contributed by atoms with Crippen LogP contribution in [0, 0.1) is 0 Å². The highest BCUT2D eigenvalue weighted by Crippen LogP contribution is 2.30. The fraction of sp³-hybridized carbons (Fsp3) is 0.0769. The Morgan fingerprint density at radius 2 is 1.85 bits per heavy atom. The van der Waals surface area contributed by atoms with Crippen molar-refractivity contribution in [3.05, 3.63) is 54.2 Å². The highest BCUT2D eigenvalue weighted by molar-refractivity contribution is 7.80. The lowest BCUT2D eigenvalue weighted by molar-refractivity contribution is -0.137. The molecule has 7 heteroatoms. The highest BCUT2D eigenvalue weighted by atomic mass is 32.1. The van der Waals surface area contributed by atoms with E-state index in [2.05, 4.69) is 15.6 Å². The van der Waals surface area contributed by atoms with Gasteiger partial charge in [-0.05, 0) is 42.5 Å². The van der Waals surface area contributed by atoms with Crippen LogP contribution in [0.1, 0.15) is 5.56 Å². The first kappa shape index (κ1) is 14.3. The average molecular weight is 297 g/mol. The Labute approximate surface area is 118 Å². The molecule has 2 aromatic rings. The lowest BCUT2D eigenvalue weighted by Crippen LogP contribution is -2.20. The van der Waals surface area contributed by atoms with E-state index in [0.717, 1.165) is 12.1 Å². The predicted molar refractivity (Wildman–Crippen MR) is 75.5 cm³/mol. The second kappa shape index (κ2) is 5.87. The van der Waals surface area contributed by atoms with Gasteiger partial charge in [0, 0.05) is 11.9 Å².